The van der Waals surface area contributed by atoms with E-state index in [0.717, 1.165) is 18.2 Å². The van der Waals surface area contributed by atoms with Crippen LogP contribution in [0.5, 0.6) is 0 Å². The first-order chi connectivity index (χ1) is 16.9. The van der Waals surface area contributed by atoms with Crippen LogP contribution in [0.25, 0.3) is 11.1 Å². The number of benzene rings is 3. The van der Waals surface area contributed by atoms with Crippen LogP contribution in [0, 0.1) is 0 Å². The number of hydrogen-bond acceptors (Lipinski definition) is 5. The smallest absolute Gasteiger partial charge is 0.394 e. The highest BCUT2D eigenvalue weighted by Crippen LogP contribution is 2.31. The van der Waals surface area contributed by atoms with Gasteiger partial charge in [0, 0.05) is 12.1 Å². The van der Waals surface area contributed by atoms with Crippen LogP contribution in [-0.4, -0.2) is 38.0 Å². The van der Waals surface area contributed by atoms with Gasteiger partial charge in [-0.05, 0) is 41.0 Å². The summed E-state index contributed by atoms with van der Waals surface area (Å²) in [7, 11) is -4.30. The van der Waals surface area contributed by atoms with Crippen molar-refractivity contribution in [3.63, 3.8) is 0 Å². The lowest BCUT2D eigenvalue weighted by Crippen LogP contribution is -2.46. The Morgan fingerprint density at radius 1 is 0.944 bits per heavy atom. The molecule has 0 saturated carbocycles. The van der Waals surface area contributed by atoms with E-state index in [0.29, 0.717) is 22.8 Å². The van der Waals surface area contributed by atoms with Crippen LogP contribution in [0.1, 0.15) is 21.5 Å². The van der Waals surface area contributed by atoms with Gasteiger partial charge >= 0.3 is 6.18 Å². The quantitative estimate of drug-likeness (QED) is 0.343. The number of halogens is 3. The second kappa shape index (κ2) is 10.9. The summed E-state index contributed by atoms with van der Waals surface area (Å²) in [6, 6.07) is 14.9. The molecule has 0 heterocycles. The minimum Gasteiger partial charge on any atom is -0.394 e. The van der Waals surface area contributed by atoms with Crippen LogP contribution >= 0.6 is 0 Å². The number of aliphatic hydroxyl groups excluding tert-OH is 1. The number of nitrogens with one attached hydrogen (secondary N) is 2. The predicted octanol–water partition coefficient (Wildman–Crippen LogP) is 2.43. The summed E-state index contributed by atoms with van der Waals surface area (Å²) >= 11 is 0. The van der Waals surface area contributed by atoms with Gasteiger partial charge in [-0.3, -0.25) is 9.59 Å². The molecule has 3 aromatic rings. The summed E-state index contributed by atoms with van der Waals surface area (Å²) in [5, 5.41) is 11.6. The Kier molecular flexibility index (Phi) is 8.13. The topological polar surface area (TPSA) is 139 Å². The van der Waals surface area contributed by atoms with Gasteiger partial charge in [0.15, 0.2) is 0 Å². The summed E-state index contributed by atoms with van der Waals surface area (Å²) in [5.41, 5.74) is 5.50. The number of carbonyl (C=O) groups excluding carboxylic acids is 2. The third kappa shape index (κ3) is 6.27. The van der Waals surface area contributed by atoms with E-state index in [1.807, 2.05) is 0 Å². The van der Waals surface area contributed by atoms with E-state index in [1.54, 1.807) is 42.5 Å². The maximum atomic E-state index is 13.0. The summed E-state index contributed by atoms with van der Waals surface area (Å²) in [4.78, 5) is 23.7. The number of alkyl halides is 3. The molecule has 0 spiro atoms. The van der Waals surface area contributed by atoms with Gasteiger partial charge in [0.1, 0.15) is 6.04 Å². The molecule has 190 valence electrons. The van der Waals surface area contributed by atoms with Crippen molar-refractivity contribution in [2.75, 3.05) is 6.61 Å². The van der Waals surface area contributed by atoms with E-state index in [4.69, 9.17) is 5.73 Å². The van der Waals surface area contributed by atoms with Crippen molar-refractivity contribution in [1.29, 1.82) is 0 Å². The van der Waals surface area contributed by atoms with E-state index >= 15 is 0 Å². The first kappa shape index (κ1) is 26.9. The number of amides is 2. The van der Waals surface area contributed by atoms with Crippen molar-refractivity contribution in [2.45, 2.75) is 23.7 Å². The summed E-state index contributed by atoms with van der Waals surface area (Å²) in [6.07, 6.45) is -4.70. The SMILES string of the molecule is NC(=O)[C@H](CO)NC(=O)c1ccccc1-c1ccccc1CNS(=O)(=O)c1cccc(C(F)(F)F)c1. The van der Waals surface area contributed by atoms with Crippen LogP contribution in [0.3, 0.4) is 0 Å². The molecule has 0 aliphatic heterocycles. The highest BCUT2D eigenvalue weighted by Gasteiger charge is 2.31. The molecule has 0 radical (unpaired) electrons. The fraction of sp³-hybridized carbons (Fsp3) is 0.167. The lowest BCUT2D eigenvalue weighted by molar-refractivity contribution is -0.137. The van der Waals surface area contributed by atoms with Gasteiger partial charge in [-0.1, -0.05) is 48.5 Å². The number of aliphatic hydroxyl groups is 1. The van der Waals surface area contributed by atoms with Crippen LogP contribution in [0.15, 0.2) is 77.7 Å². The fourth-order valence-electron chi connectivity index (χ4n) is 3.39. The van der Waals surface area contributed by atoms with Crippen molar-refractivity contribution in [3.05, 3.63) is 89.5 Å². The van der Waals surface area contributed by atoms with E-state index < -0.39 is 51.1 Å². The second-order valence-corrected chi connectivity index (χ2v) is 9.43. The Hall–Kier alpha value is -3.74. The first-order valence-corrected chi connectivity index (χ1v) is 12.0. The molecule has 0 unspecified atom stereocenters. The normalized spacial score (nSPS) is 12.7. The summed E-state index contributed by atoms with van der Waals surface area (Å²) in [5.74, 6) is -1.62. The molecule has 0 aliphatic carbocycles. The monoisotopic (exact) mass is 521 g/mol. The Morgan fingerprint density at radius 2 is 1.58 bits per heavy atom. The van der Waals surface area contributed by atoms with E-state index in [2.05, 4.69) is 10.0 Å². The first-order valence-electron chi connectivity index (χ1n) is 10.5. The number of primary amides is 1. The molecule has 0 fully saturated rings. The van der Waals surface area contributed by atoms with Crippen molar-refractivity contribution in [1.82, 2.24) is 10.0 Å². The van der Waals surface area contributed by atoms with Crippen molar-refractivity contribution in [3.8, 4) is 11.1 Å². The zero-order chi connectivity index (χ0) is 26.5. The third-order valence-electron chi connectivity index (χ3n) is 5.23. The Bertz CT molecular complexity index is 1380. The highest BCUT2D eigenvalue weighted by molar-refractivity contribution is 7.89. The molecular weight excluding hydrogens is 499 g/mol. The number of nitrogens with two attached hydrogens (primary N) is 1. The fourth-order valence-corrected chi connectivity index (χ4v) is 4.44. The maximum Gasteiger partial charge on any atom is 0.416 e. The van der Waals surface area contributed by atoms with Crippen LogP contribution in [0.4, 0.5) is 13.2 Å². The molecule has 12 heteroatoms. The zero-order valence-electron chi connectivity index (χ0n) is 18.6. The molecule has 3 aromatic carbocycles. The van der Waals surface area contributed by atoms with Gasteiger partial charge in [0.2, 0.25) is 15.9 Å². The predicted molar refractivity (Wildman–Crippen MR) is 125 cm³/mol. The van der Waals surface area contributed by atoms with Crippen LogP contribution in [-0.2, 0) is 27.5 Å². The molecule has 3 rings (SSSR count). The van der Waals surface area contributed by atoms with Gasteiger partial charge in [-0.2, -0.15) is 13.2 Å². The number of hydrogen-bond donors (Lipinski definition) is 4. The molecular formula is C24H22F3N3O5S. The Morgan fingerprint density at radius 3 is 2.22 bits per heavy atom. The number of sulfonamides is 1. The van der Waals surface area contributed by atoms with Gasteiger partial charge in [0.05, 0.1) is 17.1 Å². The average Bonchev–Trinajstić information content (AvgIpc) is 2.85. The van der Waals surface area contributed by atoms with E-state index in [9.17, 15) is 36.3 Å². The lowest BCUT2D eigenvalue weighted by atomic mass is 9.95. The third-order valence-corrected chi connectivity index (χ3v) is 6.63. The maximum absolute atomic E-state index is 13.0. The largest absolute Gasteiger partial charge is 0.416 e. The van der Waals surface area contributed by atoms with Gasteiger partial charge in [-0.25, -0.2) is 13.1 Å². The van der Waals surface area contributed by atoms with Crippen molar-refractivity contribution < 1.29 is 36.3 Å². The van der Waals surface area contributed by atoms with Crippen LogP contribution in [0.2, 0.25) is 0 Å². The highest BCUT2D eigenvalue weighted by atomic mass is 32.2. The Balaban J connectivity index is 1.91. The standard InChI is InChI=1S/C24H22F3N3O5S/c25-24(26,27)16-7-5-8-17(12-16)36(34,35)29-13-15-6-1-2-9-18(15)19-10-3-4-11-20(19)23(33)30-21(14-31)22(28)32/h1-12,21,29,31H,13-14H2,(H2,28,32)(H,30,33)/t21-/m0/s1. The molecule has 0 saturated heterocycles. The molecule has 8 nitrogen and oxygen atoms in total. The molecule has 0 bridgehead atoms. The van der Waals surface area contributed by atoms with Gasteiger partial charge in [-0.15, -0.1) is 0 Å². The van der Waals surface area contributed by atoms with Gasteiger partial charge in [0.25, 0.3) is 5.91 Å². The molecule has 36 heavy (non-hydrogen) atoms. The van der Waals surface area contributed by atoms with E-state index in [-0.39, 0.29) is 12.1 Å². The average molecular weight is 522 g/mol. The molecule has 0 aliphatic rings. The second-order valence-electron chi connectivity index (χ2n) is 7.66. The molecule has 0 aromatic heterocycles. The summed E-state index contributed by atoms with van der Waals surface area (Å²) < 4.78 is 66.8. The zero-order valence-corrected chi connectivity index (χ0v) is 19.4. The molecule has 1 atom stereocenters. The molecule has 5 N–H and O–H groups in total. The lowest BCUT2D eigenvalue weighted by Gasteiger charge is -2.17. The molecule has 2 amide bonds. The Labute approximate surface area is 205 Å². The minimum atomic E-state index is -4.70. The van der Waals surface area contributed by atoms with Crippen molar-refractivity contribution >= 4 is 21.8 Å². The number of carbonyl (C=O) groups is 2. The minimum absolute atomic E-state index is 0.130. The number of rotatable bonds is 9. The summed E-state index contributed by atoms with van der Waals surface area (Å²) in [6.45, 7) is -0.984. The van der Waals surface area contributed by atoms with Gasteiger partial charge < -0.3 is 16.2 Å². The van der Waals surface area contributed by atoms with E-state index in [1.165, 1.54) is 6.07 Å². The van der Waals surface area contributed by atoms with Crippen molar-refractivity contribution in [2.24, 2.45) is 5.73 Å². The van der Waals surface area contributed by atoms with Crippen LogP contribution < -0.4 is 15.8 Å².